The molecule has 0 aromatic carbocycles. The fraction of sp³-hybridized carbons (Fsp3) is 0.143. The number of hydrogen-bond donors (Lipinski definition) is 0. The number of thiazole rings is 1. The highest BCUT2D eigenvalue weighted by Crippen LogP contribution is 2.22. The van der Waals surface area contributed by atoms with E-state index in [1.165, 1.54) is 17.4 Å². The van der Waals surface area contributed by atoms with E-state index in [-0.39, 0.29) is 5.91 Å². The number of hydrogen-bond acceptors (Lipinski definition) is 4. The lowest BCUT2D eigenvalue weighted by molar-refractivity contribution is -0.125. The van der Waals surface area contributed by atoms with Gasteiger partial charge in [0.05, 0.1) is 18.5 Å². The highest BCUT2D eigenvalue weighted by atomic mass is 35.5. The van der Waals surface area contributed by atoms with Crippen LogP contribution < -0.4 is 0 Å². The molecule has 0 aliphatic heterocycles. The Bertz CT molecular complexity index is 788. The summed E-state index contributed by atoms with van der Waals surface area (Å²) in [6.07, 6.45) is 6.62. The first-order chi connectivity index (χ1) is 10.1. The van der Waals surface area contributed by atoms with Crippen LogP contribution >= 0.6 is 22.9 Å². The van der Waals surface area contributed by atoms with Gasteiger partial charge in [-0.15, -0.1) is 11.3 Å². The molecule has 21 heavy (non-hydrogen) atoms. The number of likely N-dealkylation sites (N-methyl/N-ethyl adjacent to an activating group) is 1. The van der Waals surface area contributed by atoms with Crippen LogP contribution in [0.25, 0.3) is 11.0 Å². The molecule has 0 atom stereocenters. The predicted molar refractivity (Wildman–Crippen MR) is 82.3 cm³/mol. The van der Waals surface area contributed by atoms with Crippen molar-refractivity contribution >= 4 is 39.9 Å². The summed E-state index contributed by atoms with van der Waals surface area (Å²) in [4.78, 5) is 18.7. The summed E-state index contributed by atoms with van der Waals surface area (Å²) in [5.41, 5.74) is 0.702. The number of furan rings is 1. The molecule has 0 N–H and O–H groups in total. The van der Waals surface area contributed by atoms with Gasteiger partial charge in [-0.05, 0) is 18.2 Å². The minimum atomic E-state index is -0.132. The lowest BCUT2D eigenvalue weighted by Gasteiger charge is -2.12. The molecule has 0 radical (unpaired) electrons. The van der Waals surface area contributed by atoms with E-state index in [1.807, 2.05) is 22.0 Å². The van der Waals surface area contributed by atoms with E-state index in [4.69, 9.17) is 16.0 Å². The van der Waals surface area contributed by atoms with Gasteiger partial charge in [-0.2, -0.15) is 0 Å². The van der Waals surface area contributed by atoms with Crippen molar-refractivity contribution < 1.29 is 9.21 Å². The van der Waals surface area contributed by atoms with E-state index < -0.39 is 0 Å². The van der Waals surface area contributed by atoms with Crippen molar-refractivity contribution in [2.24, 2.45) is 0 Å². The predicted octanol–water partition coefficient (Wildman–Crippen LogP) is 3.31. The molecule has 108 valence electrons. The molecule has 0 saturated carbocycles. The molecular formula is C14H12ClN3O2S. The van der Waals surface area contributed by atoms with Crippen LogP contribution in [0.3, 0.4) is 0 Å². The first-order valence-corrected chi connectivity index (χ1v) is 7.47. The van der Waals surface area contributed by atoms with E-state index in [9.17, 15) is 4.79 Å². The minimum absolute atomic E-state index is 0.132. The number of amides is 1. The van der Waals surface area contributed by atoms with Crippen molar-refractivity contribution in [1.82, 2.24) is 14.3 Å². The summed E-state index contributed by atoms with van der Waals surface area (Å²) in [6.45, 7) is 0.421. The third-order valence-electron chi connectivity index (χ3n) is 2.99. The third kappa shape index (κ3) is 2.86. The largest absolute Gasteiger partial charge is 0.467 e. The van der Waals surface area contributed by atoms with Gasteiger partial charge in [0.25, 0.3) is 0 Å². The number of nitrogens with zero attached hydrogens (tertiary/aromatic N) is 3. The number of carbonyl (C=O) groups is 1. The van der Waals surface area contributed by atoms with Gasteiger partial charge < -0.3 is 9.32 Å². The normalized spacial score (nSPS) is 11.5. The molecule has 0 unspecified atom stereocenters. The Balaban J connectivity index is 1.74. The number of rotatable bonds is 4. The Morgan fingerprint density at radius 3 is 3.24 bits per heavy atom. The van der Waals surface area contributed by atoms with Gasteiger partial charge in [-0.25, -0.2) is 4.98 Å². The number of aromatic nitrogens is 2. The summed E-state index contributed by atoms with van der Waals surface area (Å²) in [6, 6.07) is 3.62. The molecular weight excluding hydrogens is 310 g/mol. The highest BCUT2D eigenvalue weighted by Gasteiger charge is 2.11. The second-order valence-electron chi connectivity index (χ2n) is 4.45. The van der Waals surface area contributed by atoms with Crippen LogP contribution in [0, 0.1) is 0 Å². The van der Waals surface area contributed by atoms with Crippen LogP contribution in [0.5, 0.6) is 0 Å². The maximum atomic E-state index is 12.1. The van der Waals surface area contributed by atoms with Crippen molar-refractivity contribution in [3.8, 4) is 0 Å². The van der Waals surface area contributed by atoms with Crippen LogP contribution in [0.1, 0.15) is 11.5 Å². The third-order valence-corrected chi connectivity index (χ3v) is 4.02. The Morgan fingerprint density at radius 1 is 1.62 bits per heavy atom. The molecule has 0 aliphatic rings. The zero-order valence-corrected chi connectivity index (χ0v) is 12.8. The van der Waals surface area contributed by atoms with Crippen LogP contribution in [-0.4, -0.2) is 27.2 Å². The second-order valence-corrected chi connectivity index (χ2v) is 5.68. The molecule has 3 aromatic rings. The first-order valence-electron chi connectivity index (χ1n) is 6.22. The van der Waals surface area contributed by atoms with E-state index in [1.54, 1.807) is 30.4 Å². The maximum absolute atomic E-state index is 12.1. The lowest BCUT2D eigenvalue weighted by Crippen LogP contribution is -2.23. The standard InChI is InChI=1S/C14H12ClN3O2S/c1-17(9-10-3-2-7-20-10)12(19)5-4-11-13(15)16-14-18(11)6-8-21-14/h2-8H,9H2,1H3/b5-4+. The highest BCUT2D eigenvalue weighted by molar-refractivity contribution is 7.15. The van der Waals surface area contributed by atoms with Crippen molar-refractivity contribution in [1.29, 1.82) is 0 Å². The van der Waals surface area contributed by atoms with Crippen LogP contribution in [0.15, 0.2) is 40.5 Å². The minimum Gasteiger partial charge on any atom is -0.467 e. The number of fused-ring (bicyclic) bond motifs is 1. The van der Waals surface area contributed by atoms with E-state index in [0.29, 0.717) is 17.4 Å². The van der Waals surface area contributed by atoms with Crippen LogP contribution in [0.2, 0.25) is 5.15 Å². The topological polar surface area (TPSA) is 50.8 Å². The second kappa shape index (κ2) is 5.75. The zero-order chi connectivity index (χ0) is 14.8. The molecule has 0 bridgehead atoms. The summed E-state index contributed by atoms with van der Waals surface area (Å²) < 4.78 is 7.07. The summed E-state index contributed by atoms with van der Waals surface area (Å²) >= 11 is 7.56. The van der Waals surface area contributed by atoms with Gasteiger partial charge in [0.15, 0.2) is 10.1 Å². The zero-order valence-electron chi connectivity index (χ0n) is 11.2. The van der Waals surface area contributed by atoms with Crippen molar-refractivity contribution in [3.63, 3.8) is 0 Å². The Hall–Kier alpha value is -2.05. The van der Waals surface area contributed by atoms with Gasteiger partial charge >= 0.3 is 0 Å². The van der Waals surface area contributed by atoms with Crippen LogP contribution in [0.4, 0.5) is 0 Å². The average molecular weight is 322 g/mol. The van der Waals surface area contributed by atoms with Crippen molar-refractivity contribution in [3.05, 3.63) is 52.7 Å². The Labute approximate surface area is 130 Å². The van der Waals surface area contributed by atoms with Gasteiger partial charge in [-0.3, -0.25) is 9.20 Å². The van der Waals surface area contributed by atoms with E-state index >= 15 is 0 Å². The Kier molecular flexibility index (Phi) is 3.81. The molecule has 0 saturated heterocycles. The van der Waals surface area contributed by atoms with Crippen LogP contribution in [-0.2, 0) is 11.3 Å². The SMILES string of the molecule is CN(Cc1ccco1)C(=O)/C=C/c1c(Cl)nc2sccn12. The quantitative estimate of drug-likeness (QED) is 0.693. The number of carbonyl (C=O) groups excluding carboxylic acids is 1. The molecule has 0 aliphatic carbocycles. The fourth-order valence-electron chi connectivity index (χ4n) is 1.92. The summed E-state index contributed by atoms with van der Waals surface area (Å²) in [5, 5.41) is 2.31. The van der Waals surface area contributed by atoms with E-state index in [2.05, 4.69) is 4.98 Å². The average Bonchev–Trinajstić information content (AvgIpc) is 3.14. The van der Waals surface area contributed by atoms with Gasteiger partial charge in [-0.1, -0.05) is 11.6 Å². The van der Waals surface area contributed by atoms with Crippen molar-refractivity contribution in [2.45, 2.75) is 6.54 Å². The van der Waals surface area contributed by atoms with Gasteiger partial charge in [0.2, 0.25) is 5.91 Å². The molecule has 5 nitrogen and oxygen atoms in total. The first kappa shape index (κ1) is 13.9. The van der Waals surface area contributed by atoms with Gasteiger partial charge in [0, 0.05) is 24.7 Å². The molecule has 0 fully saturated rings. The number of halogens is 1. The molecule has 7 heteroatoms. The fourth-order valence-corrected chi connectivity index (χ4v) is 2.92. The molecule has 0 spiro atoms. The van der Waals surface area contributed by atoms with Crippen molar-refractivity contribution in [2.75, 3.05) is 7.05 Å². The van der Waals surface area contributed by atoms with Gasteiger partial charge in [0.1, 0.15) is 5.76 Å². The van der Waals surface area contributed by atoms with E-state index in [0.717, 1.165) is 10.7 Å². The molecule has 3 aromatic heterocycles. The smallest absolute Gasteiger partial charge is 0.246 e. The molecule has 3 rings (SSSR count). The summed E-state index contributed by atoms with van der Waals surface area (Å²) in [7, 11) is 1.72. The maximum Gasteiger partial charge on any atom is 0.246 e. The monoisotopic (exact) mass is 321 g/mol. The molecule has 1 amide bonds. The lowest BCUT2D eigenvalue weighted by atomic mass is 10.3. The number of imidazole rings is 1. The Morgan fingerprint density at radius 2 is 2.48 bits per heavy atom. The molecule has 3 heterocycles. The summed E-state index contributed by atoms with van der Waals surface area (Å²) in [5.74, 6) is 0.606.